The molecule has 1 unspecified atom stereocenters. The highest BCUT2D eigenvalue weighted by molar-refractivity contribution is 5.82. The lowest BCUT2D eigenvalue weighted by molar-refractivity contribution is 0.443. The molecule has 5 nitrogen and oxygen atoms in total. The van der Waals surface area contributed by atoms with Crippen LogP contribution in [0, 0.1) is 5.92 Å². The van der Waals surface area contributed by atoms with Gasteiger partial charge in [0, 0.05) is 6.20 Å². The molecular formula is C18H23N5. The number of pyridine rings is 1. The molecule has 1 atom stereocenters. The number of anilines is 1. The first kappa shape index (κ1) is 15.5. The van der Waals surface area contributed by atoms with Gasteiger partial charge < -0.3 is 16.0 Å². The number of nitrogen functional groups attached to an aromatic ring is 1. The standard InChI is InChI=1S/C18H23N5/c1-11(2)8-16(20-3)18-22-14-5-4-12(9-15(14)23-18)13-6-7-21-17(19)10-13/h4-7,9-11,16,20H,8H2,1-3H3,(H2,19,21)(H,22,23). The number of benzene rings is 1. The highest BCUT2D eigenvalue weighted by Crippen LogP contribution is 2.26. The van der Waals surface area contributed by atoms with E-state index in [4.69, 9.17) is 10.7 Å². The Balaban J connectivity index is 1.97. The molecule has 0 amide bonds. The molecule has 3 rings (SSSR count). The molecule has 23 heavy (non-hydrogen) atoms. The maximum Gasteiger partial charge on any atom is 0.124 e. The molecule has 4 N–H and O–H groups in total. The van der Waals surface area contributed by atoms with Gasteiger partial charge in [-0.05, 0) is 54.8 Å². The fraction of sp³-hybridized carbons (Fsp3) is 0.333. The summed E-state index contributed by atoms with van der Waals surface area (Å²) in [6.07, 6.45) is 2.77. The number of fused-ring (bicyclic) bond motifs is 1. The summed E-state index contributed by atoms with van der Waals surface area (Å²) in [6, 6.07) is 10.3. The van der Waals surface area contributed by atoms with Crippen LogP contribution in [0.4, 0.5) is 5.82 Å². The summed E-state index contributed by atoms with van der Waals surface area (Å²) in [7, 11) is 1.98. The lowest BCUT2D eigenvalue weighted by Crippen LogP contribution is -2.19. The lowest BCUT2D eigenvalue weighted by atomic mass is 10.0. The van der Waals surface area contributed by atoms with E-state index in [1.807, 2.05) is 25.2 Å². The topological polar surface area (TPSA) is 79.6 Å². The molecule has 0 aliphatic carbocycles. The van der Waals surface area contributed by atoms with Crippen molar-refractivity contribution in [1.82, 2.24) is 20.3 Å². The van der Waals surface area contributed by atoms with E-state index in [1.165, 1.54) is 0 Å². The van der Waals surface area contributed by atoms with E-state index in [2.05, 4.69) is 41.3 Å². The van der Waals surface area contributed by atoms with E-state index < -0.39 is 0 Å². The number of nitrogens with two attached hydrogens (primary N) is 1. The first-order chi connectivity index (χ1) is 11.1. The van der Waals surface area contributed by atoms with Gasteiger partial charge in [-0.25, -0.2) is 9.97 Å². The smallest absolute Gasteiger partial charge is 0.124 e. The van der Waals surface area contributed by atoms with Crippen LogP contribution in [0.5, 0.6) is 0 Å². The van der Waals surface area contributed by atoms with Crippen LogP contribution in [0.3, 0.4) is 0 Å². The Morgan fingerprint density at radius 2 is 1.96 bits per heavy atom. The maximum atomic E-state index is 5.78. The molecule has 2 heterocycles. The van der Waals surface area contributed by atoms with Gasteiger partial charge in [0.25, 0.3) is 0 Å². The Bertz CT molecular complexity index is 806. The summed E-state index contributed by atoms with van der Waals surface area (Å²) in [4.78, 5) is 12.2. The Kier molecular flexibility index (Phi) is 4.30. The minimum atomic E-state index is 0.238. The fourth-order valence-electron chi connectivity index (χ4n) is 2.84. The largest absolute Gasteiger partial charge is 0.384 e. The van der Waals surface area contributed by atoms with Crippen molar-refractivity contribution in [3.8, 4) is 11.1 Å². The van der Waals surface area contributed by atoms with Crippen molar-refractivity contribution in [2.45, 2.75) is 26.3 Å². The van der Waals surface area contributed by atoms with Crippen molar-refractivity contribution < 1.29 is 0 Å². The van der Waals surface area contributed by atoms with E-state index in [0.717, 1.165) is 34.4 Å². The van der Waals surface area contributed by atoms with Crippen LogP contribution in [-0.2, 0) is 0 Å². The molecule has 120 valence electrons. The van der Waals surface area contributed by atoms with Crippen LogP contribution >= 0.6 is 0 Å². The van der Waals surface area contributed by atoms with Crippen LogP contribution in [0.15, 0.2) is 36.5 Å². The maximum absolute atomic E-state index is 5.78. The quantitative estimate of drug-likeness (QED) is 0.674. The van der Waals surface area contributed by atoms with Crippen LogP contribution in [-0.4, -0.2) is 22.0 Å². The van der Waals surface area contributed by atoms with E-state index in [1.54, 1.807) is 6.20 Å². The highest BCUT2D eigenvalue weighted by Gasteiger charge is 2.15. The number of rotatable bonds is 5. The molecule has 1 aromatic carbocycles. The van der Waals surface area contributed by atoms with Gasteiger partial charge in [0.15, 0.2) is 0 Å². The molecule has 0 fully saturated rings. The summed E-state index contributed by atoms with van der Waals surface area (Å²) in [6.45, 7) is 4.44. The number of aromatic amines is 1. The number of nitrogens with zero attached hydrogens (tertiary/aromatic N) is 2. The van der Waals surface area contributed by atoms with E-state index in [-0.39, 0.29) is 6.04 Å². The molecule has 0 spiro atoms. The number of hydrogen-bond acceptors (Lipinski definition) is 4. The van der Waals surface area contributed by atoms with Crippen molar-refractivity contribution in [1.29, 1.82) is 0 Å². The zero-order valence-corrected chi connectivity index (χ0v) is 13.8. The Hall–Kier alpha value is -2.40. The number of H-pyrrole nitrogens is 1. The summed E-state index contributed by atoms with van der Waals surface area (Å²) >= 11 is 0. The zero-order chi connectivity index (χ0) is 16.4. The summed E-state index contributed by atoms with van der Waals surface area (Å²) in [5, 5.41) is 3.35. The minimum absolute atomic E-state index is 0.238. The van der Waals surface area contributed by atoms with Gasteiger partial charge in [-0.3, -0.25) is 0 Å². The highest BCUT2D eigenvalue weighted by atomic mass is 15.0. The van der Waals surface area contributed by atoms with Crippen molar-refractivity contribution in [3.05, 3.63) is 42.4 Å². The second-order valence-corrected chi connectivity index (χ2v) is 6.29. The van der Waals surface area contributed by atoms with Crippen molar-refractivity contribution in [2.24, 2.45) is 5.92 Å². The van der Waals surface area contributed by atoms with E-state index in [9.17, 15) is 0 Å². The number of aromatic nitrogens is 3. The fourth-order valence-corrected chi connectivity index (χ4v) is 2.84. The van der Waals surface area contributed by atoms with Crippen LogP contribution in [0.2, 0.25) is 0 Å². The zero-order valence-electron chi connectivity index (χ0n) is 13.8. The second kappa shape index (κ2) is 6.38. The third-order valence-corrected chi connectivity index (χ3v) is 4.00. The lowest BCUT2D eigenvalue weighted by Gasteiger charge is -2.15. The molecule has 0 radical (unpaired) electrons. The van der Waals surface area contributed by atoms with Gasteiger partial charge in [-0.2, -0.15) is 0 Å². The molecule has 0 aliphatic rings. The van der Waals surface area contributed by atoms with Crippen molar-refractivity contribution in [2.75, 3.05) is 12.8 Å². The predicted molar refractivity (Wildman–Crippen MR) is 95.0 cm³/mol. The molecule has 5 heteroatoms. The van der Waals surface area contributed by atoms with Crippen LogP contribution in [0.1, 0.15) is 32.1 Å². The number of imidazole rings is 1. The molecule has 2 aromatic heterocycles. The Morgan fingerprint density at radius 1 is 1.17 bits per heavy atom. The number of nitrogens with one attached hydrogen (secondary N) is 2. The third kappa shape index (κ3) is 3.35. The molecule has 0 saturated heterocycles. The van der Waals surface area contributed by atoms with Gasteiger partial charge in [-0.15, -0.1) is 0 Å². The monoisotopic (exact) mass is 309 g/mol. The molecule has 0 saturated carbocycles. The SMILES string of the molecule is CNC(CC(C)C)c1nc2ccc(-c3ccnc(N)c3)cc2[nH]1. The van der Waals surface area contributed by atoms with Crippen LogP contribution < -0.4 is 11.1 Å². The third-order valence-electron chi connectivity index (χ3n) is 4.00. The summed E-state index contributed by atoms with van der Waals surface area (Å²) in [5.41, 5.74) is 9.96. The van der Waals surface area contributed by atoms with Crippen LogP contribution in [0.25, 0.3) is 22.2 Å². The van der Waals surface area contributed by atoms with Gasteiger partial charge in [-0.1, -0.05) is 19.9 Å². The van der Waals surface area contributed by atoms with Crippen molar-refractivity contribution >= 4 is 16.9 Å². The second-order valence-electron chi connectivity index (χ2n) is 6.29. The normalized spacial score (nSPS) is 12.9. The molecule has 0 bridgehead atoms. The summed E-state index contributed by atoms with van der Waals surface area (Å²) < 4.78 is 0. The summed E-state index contributed by atoms with van der Waals surface area (Å²) in [5.74, 6) is 2.12. The van der Waals surface area contributed by atoms with Gasteiger partial charge >= 0.3 is 0 Å². The van der Waals surface area contributed by atoms with Gasteiger partial charge in [0.2, 0.25) is 0 Å². The molecule has 0 aliphatic heterocycles. The molecular weight excluding hydrogens is 286 g/mol. The first-order valence-electron chi connectivity index (χ1n) is 7.95. The average Bonchev–Trinajstić information content (AvgIpc) is 2.95. The van der Waals surface area contributed by atoms with Gasteiger partial charge in [0.05, 0.1) is 17.1 Å². The Labute approximate surface area is 136 Å². The van der Waals surface area contributed by atoms with Gasteiger partial charge in [0.1, 0.15) is 11.6 Å². The van der Waals surface area contributed by atoms with Crippen molar-refractivity contribution in [3.63, 3.8) is 0 Å². The van der Waals surface area contributed by atoms with E-state index >= 15 is 0 Å². The average molecular weight is 309 g/mol. The predicted octanol–water partition coefficient (Wildman–Crippen LogP) is 3.51. The van der Waals surface area contributed by atoms with E-state index in [0.29, 0.717) is 11.7 Å². The first-order valence-corrected chi connectivity index (χ1v) is 7.95. The molecule has 3 aromatic rings. The minimum Gasteiger partial charge on any atom is -0.384 e. The number of hydrogen-bond donors (Lipinski definition) is 3. The Morgan fingerprint density at radius 3 is 2.65 bits per heavy atom.